The third-order valence-electron chi connectivity index (χ3n) is 5.25. The van der Waals surface area contributed by atoms with Crippen LogP contribution in [0.4, 0.5) is 0 Å². The lowest BCUT2D eigenvalue weighted by Gasteiger charge is -2.28. The predicted octanol–water partition coefficient (Wildman–Crippen LogP) is 3.52. The summed E-state index contributed by atoms with van der Waals surface area (Å²) in [4.78, 5) is 23.9. The molecule has 0 saturated heterocycles. The molecule has 0 N–H and O–H groups in total. The number of fused-ring (bicyclic) bond motifs is 1. The Morgan fingerprint density at radius 3 is 2.74 bits per heavy atom. The summed E-state index contributed by atoms with van der Waals surface area (Å²) in [5.74, 6) is 0.886. The molecule has 1 unspecified atom stereocenters. The van der Waals surface area contributed by atoms with Gasteiger partial charge >= 0.3 is 0 Å². The highest BCUT2D eigenvalue weighted by molar-refractivity contribution is 5.83. The van der Waals surface area contributed by atoms with Gasteiger partial charge in [0.05, 0.1) is 17.8 Å². The Morgan fingerprint density at radius 1 is 1.15 bits per heavy atom. The second kappa shape index (κ2) is 7.74. The maximum atomic E-state index is 13.1. The molecule has 1 aromatic carbocycles. The maximum absolute atomic E-state index is 13.1. The fraction of sp³-hybridized carbons (Fsp3) is 0.318. The second-order valence-corrected chi connectivity index (χ2v) is 7.04. The van der Waals surface area contributed by atoms with E-state index in [0.717, 1.165) is 48.6 Å². The van der Waals surface area contributed by atoms with Crippen molar-refractivity contribution in [3.63, 3.8) is 0 Å². The number of carbonyl (C=O) groups is 1. The number of hydrogen-bond donors (Lipinski definition) is 0. The highest BCUT2D eigenvalue weighted by Crippen LogP contribution is 2.32. The minimum absolute atomic E-state index is 0.150. The van der Waals surface area contributed by atoms with Crippen molar-refractivity contribution < 1.29 is 4.79 Å². The first-order valence-corrected chi connectivity index (χ1v) is 9.50. The first-order chi connectivity index (χ1) is 13.2. The number of likely N-dealkylation sites (N-methyl/N-ethyl adjacent to an activating group) is 1. The number of hydrogen-bond acceptors (Lipinski definition) is 3. The van der Waals surface area contributed by atoms with Crippen molar-refractivity contribution in [3.8, 4) is 11.3 Å². The van der Waals surface area contributed by atoms with Gasteiger partial charge in [-0.1, -0.05) is 36.4 Å². The molecular formula is C22H24N4O. The first kappa shape index (κ1) is 17.5. The number of aromatic nitrogens is 3. The Balaban J connectivity index is 1.50. The van der Waals surface area contributed by atoms with E-state index in [4.69, 9.17) is 0 Å². The zero-order valence-electron chi connectivity index (χ0n) is 15.6. The summed E-state index contributed by atoms with van der Waals surface area (Å²) in [6, 6.07) is 16.1. The topological polar surface area (TPSA) is 51.0 Å². The van der Waals surface area contributed by atoms with Crippen LogP contribution in [0.1, 0.15) is 30.3 Å². The molecule has 0 saturated carbocycles. The van der Waals surface area contributed by atoms with Gasteiger partial charge in [-0.3, -0.25) is 9.78 Å². The van der Waals surface area contributed by atoms with E-state index in [1.54, 1.807) is 6.20 Å². The van der Waals surface area contributed by atoms with Crippen molar-refractivity contribution in [3.05, 3.63) is 72.4 Å². The zero-order chi connectivity index (χ0) is 18.6. The number of benzene rings is 1. The third-order valence-corrected chi connectivity index (χ3v) is 5.25. The van der Waals surface area contributed by atoms with Crippen LogP contribution in [0.15, 0.2) is 60.9 Å². The van der Waals surface area contributed by atoms with Gasteiger partial charge in [-0.2, -0.15) is 0 Å². The number of carbonyl (C=O) groups excluding carboxylic acids is 1. The molecule has 4 rings (SSSR count). The molecule has 138 valence electrons. The predicted molar refractivity (Wildman–Crippen MR) is 105 cm³/mol. The molecule has 0 bridgehead atoms. The summed E-state index contributed by atoms with van der Waals surface area (Å²) in [6.07, 6.45) is 6.32. The van der Waals surface area contributed by atoms with Crippen LogP contribution in [-0.2, 0) is 17.8 Å². The van der Waals surface area contributed by atoms with E-state index in [2.05, 4.69) is 26.7 Å². The second-order valence-electron chi connectivity index (χ2n) is 7.04. The Kier molecular flexibility index (Phi) is 5.01. The monoisotopic (exact) mass is 360 g/mol. The van der Waals surface area contributed by atoms with Crippen LogP contribution in [0.5, 0.6) is 0 Å². The largest absolute Gasteiger partial charge is 0.345 e. The molecule has 2 aromatic heterocycles. The molecule has 0 radical (unpaired) electrons. The SMILES string of the molecule is CN(CCc1ccccn1)C(=O)C1CCCn2c(-c3ccccc3)cnc21. The molecule has 1 aliphatic rings. The van der Waals surface area contributed by atoms with Crippen LogP contribution in [0.2, 0.25) is 0 Å². The average Bonchev–Trinajstić information content (AvgIpc) is 3.17. The molecule has 1 atom stereocenters. The van der Waals surface area contributed by atoms with Crippen LogP contribution in [0.3, 0.4) is 0 Å². The minimum atomic E-state index is -0.162. The lowest BCUT2D eigenvalue weighted by atomic mass is 9.97. The number of amides is 1. The average molecular weight is 360 g/mol. The lowest BCUT2D eigenvalue weighted by molar-refractivity contribution is -0.132. The third kappa shape index (κ3) is 3.63. The molecular weight excluding hydrogens is 336 g/mol. The Bertz CT molecular complexity index is 905. The van der Waals surface area contributed by atoms with Gasteiger partial charge < -0.3 is 9.47 Å². The molecule has 0 spiro atoms. The van der Waals surface area contributed by atoms with Gasteiger partial charge in [0.15, 0.2) is 0 Å². The number of rotatable bonds is 5. The molecule has 0 fully saturated rings. The van der Waals surface area contributed by atoms with Gasteiger partial charge in [-0.25, -0.2) is 4.98 Å². The fourth-order valence-electron chi connectivity index (χ4n) is 3.76. The molecule has 1 aliphatic heterocycles. The van der Waals surface area contributed by atoms with Crippen molar-refractivity contribution in [2.24, 2.45) is 0 Å². The fourth-order valence-corrected chi connectivity index (χ4v) is 3.76. The minimum Gasteiger partial charge on any atom is -0.345 e. The van der Waals surface area contributed by atoms with E-state index in [0.29, 0.717) is 6.54 Å². The van der Waals surface area contributed by atoms with Crippen molar-refractivity contribution in [2.45, 2.75) is 31.7 Å². The number of pyridine rings is 1. The molecule has 3 aromatic rings. The van der Waals surface area contributed by atoms with Gasteiger partial charge in [0.2, 0.25) is 5.91 Å². The van der Waals surface area contributed by atoms with Crippen LogP contribution < -0.4 is 0 Å². The van der Waals surface area contributed by atoms with E-state index in [-0.39, 0.29) is 11.8 Å². The highest BCUT2D eigenvalue weighted by Gasteiger charge is 2.31. The first-order valence-electron chi connectivity index (χ1n) is 9.50. The zero-order valence-corrected chi connectivity index (χ0v) is 15.6. The van der Waals surface area contributed by atoms with Gasteiger partial charge in [-0.15, -0.1) is 0 Å². The molecule has 5 nitrogen and oxygen atoms in total. The number of nitrogens with zero attached hydrogens (tertiary/aromatic N) is 4. The summed E-state index contributed by atoms with van der Waals surface area (Å²) in [5, 5.41) is 0. The van der Waals surface area contributed by atoms with Crippen LogP contribution >= 0.6 is 0 Å². The van der Waals surface area contributed by atoms with E-state index < -0.39 is 0 Å². The van der Waals surface area contributed by atoms with E-state index in [1.807, 2.05) is 54.5 Å². The summed E-state index contributed by atoms with van der Waals surface area (Å²) >= 11 is 0. The van der Waals surface area contributed by atoms with Crippen LogP contribution in [0, 0.1) is 0 Å². The standard InChI is InChI=1S/C22H24N4O/c1-25(15-12-18-10-5-6-13-23-18)22(27)19-11-7-14-26-20(16-24-21(19)26)17-8-3-2-4-9-17/h2-6,8-10,13,16,19H,7,11-12,14-15H2,1H3. The highest BCUT2D eigenvalue weighted by atomic mass is 16.2. The smallest absolute Gasteiger partial charge is 0.233 e. The van der Waals surface area contributed by atoms with Crippen molar-refractivity contribution in [1.29, 1.82) is 0 Å². The summed E-state index contributed by atoms with van der Waals surface area (Å²) in [7, 11) is 1.88. The molecule has 0 aliphatic carbocycles. The molecule has 5 heteroatoms. The van der Waals surface area contributed by atoms with Gasteiger partial charge in [0, 0.05) is 38.4 Å². The van der Waals surface area contributed by atoms with E-state index in [1.165, 1.54) is 0 Å². The summed E-state index contributed by atoms with van der Waals surface area (Å²) in [5.41, 5.74) is 3.25. The number of imidazole rings is 1. The molecule has 27 heavy (non-hydrogen) atoms. The normalized spacial score (nSPS) is 16.0. The van der Waals surface area contributed by atoms with E-state index in [9.17, 15) is 4.79 Å². The van der Waals surface area contributed by atoms with Crippen LogP contribution in [-0.4, -0.2) is 38.9 Å². The lowest BCUT2D eigenvalue weighted by Crippen LogP contribution is -2.36. The summed E-state index contributed by atoms with van der Waals surface area (Å²) in [6.45, 7) is 1.58. The summed E-state index contributed by atoms with van der Waals surface area (Å²) < 4.78 is 2.22. The van der Waals surface area contributed by atoms with E-state index >= 15 is 0 Å². The Hall–Kier alpha value is -2.95. The Morgan fingerprint density at radius 2 is 1.96 bits per heavy atom. The van der Waals surface area contributed by atoms with Crippen molar-refractivity contribution >= 4 is 5.91 Å². The van der Waals surface area contributed by atoms with Gasteiger partial charge in [-0.05, 0) is 30.5 Å². The Labute approximate surface area is 159 Å². The van der Waals surface area contributed by atoms with Crippen molar-refractivity contribution in [1.82, 2.24) is 19.4 Å². The maximum Gasteiger partial charge on any atom is 0.233 e. The van der Waals surface area contributed by atoms with Crippen LogP contribution in [0.25, 0.3) is 11.3 Å². The van der Waals surface area contributed by atoms with Gasteiger partial charge in [0.25, 0.3) is 0 Å². The van der Waals surface area contributed by atoms with Gasteiger partial charge in [0.1, 0.15) is 5.82 Å². The molecule has 3 heterocycles. The van der Waals surface area contributed by atoms with Crippen molar-refractivity contribution in [2.75, 3.05) is 13.6 Å². The quantitative estimate of drug-likeness (QED) is 0.699. The molecule has 1 amide bonds.